The third kappa shape index (κ3) is 2.30. The van der Waals surface area contributed by atoms with Crippen molar-refractivity contribution in [3.05, 3.63) is 23.3 Å². The van der Waals surface area contributed by atoms with E-state index in [9.17, 15) is 22.8 Å². The molecule has 0 aliphatic heterocycles. The van der Waals surface area contributed by atoms with Gasteiger partial charge >= 0.3 is 12.1 Å². The standard InChI is InChI=1S/C9H5F3O5/c10-9(11,12)4-2-1-3(5(13)7(4)15)6(14)8(16)17/h1-2,13,15H,(H,16,17). The molecule has 0 fully saturated rings. The number of phenols is 2. The lowest BCUT2D eigenvalue weighted by Crippen LogP contribution is -2.14. The van der Waals surface area contributed by atoms with Crippen molar-refractivity contribution >= 4 is 11.8 Å². The number of alkyl halides is 3. The molecule has 1 aromatic carbocycles. The van der Waals surface area contributed by atoms with Crippen LogP contribution in [0.2, 0.25) is 0 Å². The second-order valence-corrected chi connectivity index (χ2v) is 2.99. The number of hydrogen-bond donors (Lipinski definition) is 3. The number of halogens is 3. The van der Waals surface area contributed by atoms with Gasteiger partial charge in [0, 0.05) is 0 Å². The largest absolute Gasteiger partial charge is 0.504 e. The summed E-state index contributed by atoms with van der Waals surface area (Å²) < 4.78 is 36.7. The molecule has 0 saturated carbocycles. The number of ketones is 1. The average molecular weight is 250 g/mol. The molecular weight excluding hydrogens is 245 g/mol. The van der Waals surface area contributed by atoms with E-state index in [0.717, 1.165) is 0 Å². The number of Topliss-reactive ketones (excluding diaryl/α,β-unsaturated/α-hetero) is 1. The molecule has 0 atom stereocenters. The van der Waals surface area contributed by atoms with Gasteiger partial charge in [-0.1, -0.05) is 0 Å². The van der Waals surface area contributed by atoms with E-state index in [0.29, 0.717) is 12.1 Å². The van der Waals surface area contributed by atoms with Crippen LogP contribution in [-0.2, 0) is 11.0 Å². The van der Waals surface area contributed by atoms with Crippen molar-refractivity contribution in [2.45, 2.75) is 6.18 Å². The summed E-state index contributed by atoms with van der Waals surface area (Å²) in [6.45, 7) is 0. The molecule has 0 aromatic heterocycles. The highest BCUT2D eigenvalue weighted by atomic mass is 19.4. The summed E-state index contributed by atoms with van der Waals surface area (Å²) in [7, 11) is 0. The number of carboxylic acids is 1. The first-order valence-corrected chi connectivity index (χ1v) is 4.06. The lowest BCUT2D eigenvalue weighted by atomic mass is 10.0. The minimum Gasteiger partial charge on any atom is -0.504 e. The van der Waals surface area contributed by atoms with Gasteiger partial charge in [0.1, 0.15) is 5.56 Å². The Bertz CT molecular complexity index is 492. The van der Waals surface area contributed by atoms with Crippen LogP contribution in [0.4, 0.5) is 13.2 Å². The van der Waals surface area contributed by atoms with Gasteiger partial charge in [0.05, 0.1) is 5.56 Å². The molecule has 17 heavy (non-hydrogen) atoms. The lowest BCUT2D eigenvalue weighted by molar-refractivity contribution is -0.139. The molecular formula is C9H5F3O5. The molecule has 5 nitrogen and oxygen atoms in total. The number of carbonyl (C=O) groups is 2. The monoisotopic (exact) mass is 250 g/mol. The maximum Gasteiger partial charge on any atom is 0.420 e. The second kappa shape index (κ2) is 3.96. The van der Waals surface area contributed by atoms with Gasteiger partial charge in [0.15, 0.2) is 11.5 Å². The Kier molecular flexibility index (Phi) is 2.99. The molecule has 8 heteroatoms. The molecule has 0 spiro atoms. The highest BCUT2D eigenvalue weighted by Crippen LogP contribution is 2.41. The van der Waals surface area contributed by atoms with Crippen molar-refractivity contribution in [3.8, 4) is 11.5 Å². The molecule has 0 bridgehead atoms. The Morgan fingerprint density at radius 3 is 2.00 bits per heavy atom. The van der Waals surface area contributed by atoms with Crippen molar-refractivity contribution in [1.82, 2.24) is 0 Å². The van der Waals surface area contributed by atoms with Gasteiger partial charge in [0.2, 0.25) is 0 Å². The zero-order chi connectivity index (χ0) is 13.4. The number of benzene rings is 1. The molecule has 0 saturated heterocycles. The Balaban J connectivity index is 3.40. The van der Waals surface area contributed by atoms with Crippen molar-refractivity contribution in [2.75, 3.05) is 0 Å². The summed E-state index contributed by atoms with van der Waals surface area (Å²) in [5.41, 5.74) is -2.47. The summed E-state index contributed by atoms with van der Waals surface area (Å²) >= 11 is 0. The van der Waals surface area contributed by atoms with Gasteiger partial charge in [0.25, 0.3) is 5.78 Å². The molecule has 0 heterocycles. The zero-order valence-corrected chi connectivity index (χ0v) is 7.95. The number of aliphatic carboxylic acids is 1. The number of carbonyl (C=O) groups excluding carboxylic acids is 1. The van der Waals surface area contributed by atoms with E-state index in [1.165, 1.54) is 0 Å². The summed E-state index contributed by atoms with van der Waals surface area (Å²) in [6.07, 6.45) is -4.92. The van der Waals surface area contributed by atoms with Crippen molar-refractivity contribution < 1.29 is 38.1 Å². The van der Waals surface area contributed by atoms with E-state index in [2.05, 4.69) is 0 Å². The van der Waals surface area contributed by atoms with Gasteiger partial charge in [-0.3, -0.25) is 4.79 Å². The maximum atomic E-state index is 12.2. The smallest absolute Gasteiger partial charge is 0.420 e. The predicted molar refractivity (Wildman–Crippen MR) is 46.7 cm³/mol. The van der Waals surface area contributed by atoms with Crippen LogP contribution in [0.15, 0.2) is 12.1 Å². The molecule has 0 amide bonds. The van der Waals surface area contributed by atoms with Gasteiger partial charge in [-0.25, -0.2) is 4.79 Å². The predicted octanol–water partition coefficient (Wildman–Crippen LogP) is 1.38. The average Bonchev–Trinajstić information content (AvgIpc) is 2.19. The van der Waals surface area contributed by atoms with Crippen LogP contribution in [0.1, 0.15) is 15.9 Å². The molecule has 1 rings (SSSR count). The summed E-state index contributed by atoms with van der Waals surface area (Å²) in [5, 5.41) is 26.5. The Labute approximate surface area is 91.7 Å². The van der Waals surface area contributed by atoms with Gasteiger partial charge < -0.3 is 15.3 Å². The lowest BCUT2D eigenvalue weighted by Gasteiger charge is -2.11. The summed E-state index contributed by atoms with van der Waals surface area (Å²) in [4.78, 5) is 21.2. The van der Waals surface area contributed by atoms with Crippen molar-refractivity contribution in [3.63, 3.8) is 0 Å². The van der Waals surface area contributed by atoms with E-state index in [1.807, 2.05) is 0 Å². The normalized spacial score (nSPS) is 11.2. The molecule has 1 aromatic rings. The third-order valence-electron chi connectivity index (χ3n) is 1.90. The molecule has 0 radical (unpaired) electrons. The molecule has 0 aliphatic carbocycles. The number of carboxylic acid groups (broad SMARTS) is 1. The first-order valence-electron chi connectivity index (χ1n) is 4.06. The maximum absolute atomic E-state index is 12.2. The van der Waals surface area contributed by atoms with Crippen LogP contribution in [0.25, 0.3) is 0 Å². The van der Waals surface area contributed by atoms with Crippen molar-refractivity contribution in [2.24, 2.45) is 0 Å². The highest BCUT2D eigenvalue weighted by Gasteiger charge is 2.36. The van der Waals surface area contributed by atoms with Gasteiger partial charge in [-0.05, 0) is 12.1 Å². The topological polar surface area (TPSA) is 94.8 Å². The minimum atomic E-state index is -4.92. The fourth-order valence-electron chi connectivity index (χ4n) is 1.11. The van der Waals surface area contributed by atoms with E-state index in [-0.39, 0.29) is 0 Å². The molecule has 0 aliphatic rings. The molecule has 3 N–H and O–H groups in total. The number of phenolic OH excluding ortho intramolecular Hbond substituents is 2. The Morgan fingerprint density at radius 2 is 1.59 bits per heavy atom. The van der Waals surface area contributed by atoms with Crippen LogP contribution in [0.3, 0.4) is 0 Å². The van der Waals surface area contributed by atoms with E-state index in [4.69, 9.17) is 15.3 Å². The summed E-state index contributed by atoms with van der Waals surface area (Å²) in [6, 6.07) is 0.791. The van der Waals surface area contributed by atoms with E-state index in [1.54, 1.807) is 0 Å². The first-order chi connectivity index (χ1) is 7.66. The van der Waals surface area contributed by atoms with E-state index < -0.39 is 40.6 Å². The first kappa shape index (κ1) is 12.8. The van der Waals surface area contributed by atoms with E-state index >= 15 is 0 Å². The van der Waals surface area contributed by atoms with Crippen LogP contribution >= 0.6 is 0 Å². The van der Waals surface area contributed by atoms with Crippen LogP contribution < -0.4 is 0 Å². The SMILES string of the molecule is O=C(O)C(=O)c1ccc(C(F)(F)F)c(O)c1O. The number of aromatic hydroxyl groups is 2. The quantitative estimate of drug-likeness (QED) is 0.418. The van der Waals surface area contributed by atoms with Crippen LogP contribution in [0.5, 0.6) is 11.5 Å². The number of hydrogen-bond acceptors (Lipinski definition) is 4. The van der Waals surface area contributed by atoms with Crippen LogP contribution in [0, 0.1) is 0 Å². The fraction of sp³-hybridized carbons (Fsp3) is 0.111. The zero-order valence-electron chi connectivity index (χ0n) is 7.95. The van der Waals surface area contributed by atoms with Gasteiger partial charge in [-0.2, -0.15) is 13.2 Å². The molecule has 92 valence electrons. The van der Waals surface area contributed by atoms with Gasteiger partial charge in [-0.15, -0.1) is 0 Å². The fourth-order valence-corrected chi connectivity index (χ4v) is 1.11. The minimum absolute atomic E-state index is 0.311. The molecule has 0 unspecified atom stereocenters. The number of rotatable bonds is 2. The highest BCUT2D eigenvalue weighted by molar-refractivity contribution is 6.40. The Hall–Kier alpha value is -2.25. The summed E-state index contributed by atoms with van der Waals surface area (Å²) in [5.74, 6) is -6.57. The Morgan fingerprint density at radius 1 is 1.06 bits per heavy atom. The third-order valence-corrected chi connectivity index (χ3v) is 1.90. The van der Waals surface area contributed by atoms with Crippen LogP contribution in [-0.4, -0.2) is 27.1 Å². The van der Waals surface area contributed by atoms with Crippen molar-refractivity contribution in [1.29, 1.82) is 0 Å². The second-order valence-electron chi connectivity index (χ2n) is 2.99.